The molecule has 2 fully saturated rings. The number of nitrogens with zero attached hydrogens (tertiary/aromatic N) is 4. The van der Waals surface area contributed by atoms with E-state index < -0.39 is 48.0 Å². The van der Waals surface area contributed by atoms with Crippen LogP contribution in [-0.2, 0) is 24.0 Å². The lowest BCUT2D eigenvalue weighted by Gasteiger charge is -2.45. The maximum absolute atomic E-state index is 12.7. The highest BCUT2D eigenvalue weighted by molar-refractivity contribution is 7.13. The van der Waals surface area contributed by atoms with Crippen LogP contribution < -0.4 is 11.1 Å². The molecule has 3 atom stereocenters. The fourth-order valence-electron chi connectivity index (χ4n) is 2.99. The summed E-state index contributed by atoms with van der Waals surface area (Å²) in [6.45, 7) is 1.53. The van der Waals surface area contributed by atoms with Crippen LogP contribution in [0.3, 0.4) is 0 Å². The molecule has 0 aromatic carbocycles. The van der Waals surface area contributed by atoms with Gasteiger partial charge in [0.25, 0.3) is 11.8 Å². The summed E-state index contributed by atoms with van der Waals surface area (Å²) in [5.74, 6) is -3.80. The standard InChI is InChI=1S/C17H20N6O8S/c1-7(4-11(24)25)31-21-12(9-6-32-16(18)20-9)13(26)19-8-5-23(14(8)27)17(30)22-3-2-10(22)15(28)29/h6-8,10H,2-5H2,1H3,(H2,18,20)(H,19,26)(H,24,25)(H,28,29)/b21-12-/t7?,8-,10?/m0/s1. The number of aliphatic carboxylic acids is 2. The number of imide groups is 1. The molecule has 3 heterocycles. The first-order chi connectivity index (χ1) is 15.1. The predicted octanol–water partition coefficient (Wildman–Crippen LogP) is -1.08. The number of oxime groups is 1. The van der Waals surface area contributed by atoms with Crippen LogP contribution in [0, 0.1) is 0 Å². The highest BCUT2D eigenvalue weighted by Gasteiger charge is 2.48. The molecule has 2 unspecified atom stereocenters. The maximum atomic E-state index is 12.7. The minimum atomic E-state index is -1.15. The molecule has 15 heteroatoms. The molecule has 172 valence electrons. The monoisotopic (exact) mass is 468 g/mol. The summed E-state index contributed by atoms with van der Waals surface area (Å²) < 4.78 is 0. The van der Waals surface area contributed by atoms with Crippen LogP contribution in [0.25, 0.3) is 0 Å². The number of carbonyl (C=O) groups is 5. The summed E-state index contributed by atoms with van der Waals surface area (Å²) in [4.78, 5) is 70.2. The van der Waals surface area contributed by atoms with E-state index in [1.54, 1.807) is 0 Å². The lowest BCUT2D eigenvalue weighted by atomic mass is 10.0. The molecule has 0 aliphatic carbocycles. The van der Waals surface area contributed by atoms with Gasteiger partial charge in [-0.2, -0.15) is 0 Å². The van der Waals surface area contributed by atoms with Gasteiger partial charge in [0.1, 0.15) is 23.9 Å². The minimum Gasteiger partial charge on any atom is -0.481 e. The number of likely N-dealkylation sites (tertiary alicyclic amines) is 2. The molecule has 32 heavy (non-hydrogen) atoms. The van der Waals surface area contributed by atoms with E-state index in [-0.39, 0.29) is 36.0 Å². The van der Waals surface area contributed by atoms with Gasteiger partial charge < -0.3 is 31.0 Å². The molecule has 3 rings (SSSR count). The van der Waals surface area contributed by atoms with Gasteiger partial charge in [-0.15, -0.1) is 11.3 Å². The predicted molar refractivity (Wildman–Crippen MR) is 108 cm³/mol. The van der Waals surface area contributed by atoms with Crippen LogP contribution in [0.5, 0.6) is 0 Å². The number of hydrogen-bond acceptors (Lipinski definition) is 10. The normalized spacial score (nSPS) is 21.3. The van der Waals surface area contributed by atoms with Crippen LogP contribution in [0.15, 0.2) is 10.5 Å². The van der Waals surface area contributed by atoms with Gasteiger partial charge in [0.2, 0.25) is 0 Å². The van der Waals surface area contributed by atoms with Crippen molar-refractivity contribution in [1.29, 1.82) is 0 Å². The zero-order chi connectivity index (χ0) is 23.6. The van der Waals surface area contributed by atoms with E-state index in [4.69, 9.17) is 20.8 Å². The molecule has 2 saturated heterocycles. The van der Waals surface area contributed by atoms with E-state index in [0.29, 0.717) is 6.42 Å². The van der Waals surface area contributed by atoms with E-state index in [1.807, 2.05) is 0 Å². The SMILES string of the molecule is CC(CC(=O)O)O/N=C(\C(=O)N[C@H]1CN(C(=O)N2CCC2C(=O)O)C1=O)c1csc(N)n1. The Balaban J connectivity index is 1.64. The molecular weight excluding hydrogens is 448 g/mol. The molecule has 14 nitrogen and oxygen atoms in total. The number of thiazole rings is 1. The smallest absolute Gasteiger partial charge is 0.327 e. The Bertz CT molecular complexity index is 993. The highest BCUT2D eigenvalue weighted by atomic mass is 32.1. The van der Waals surface area contributed by atoms with E-state index in [0.717, 1.165) is 21.1 Å². The Hall–Kier alpha value is -3.75. The molecule has 2 aliphatic rings. The third-order valence-corrected chi connectivity index (χ3v) is 5.46. The van der Waals surface area contributed by atoms with E-state index in [1.165, 1.54) is 12.3 Å². The van der Waals surface area contributed by atoms with Crippen LogP contribution in [0.2, 0.25) is 0 Å². The second kappa shape index (κ2) is 9.17. The average Bonchev–Trinajstić information content (AvgIpc) is 3.08. The minimum absolute atomic E-state index is 0.0668. The van der Waals surface area contributed by atoms with E-state index in [2.05, 4.69) is 15.5 Å². The van der Waals surface area contributed by atoms with Gasteiger partial charge in [-0.3, -0.25) is 19.3 Å². The number of carboxylic acid groups (broad SMARTS) is 2. The fraction of sp³-hybridized carbons (Fsp3) is 0.471. The summed E-state index contributed by atoms with van der Waals surface area (Å²) in [7, 11) is 0. The van der Waals surface area contributed by atoms with Crippen molar-refractivity contribution in [3.05, 3.63) is 11.1 Å². The summed E-state index contributed by atoms with van der Waals surface area (Å²) >= 11 is 1.04. The van der Waals surface area contributed by atoms with E-state index >= 15 is 0 Å². The number of nitrogens with two attached hydrogens (primary N) is 1. The number of carboxylic acids is 2. The van der Waals surface area contributed by atoms with Crippen molar-refractivity contribution in [3.8, 4) is 0 Å². The van der Waals surface area contributed by atoms with Gasteiger partial charge in [0, 0.05) is 11.9 Å². The first-order valence-electron chi connectivity index (χ1n) is 9.41. The largest absolute Gasteiger partial charge is 0.481 e. The molecule has 1 aromatic rings. The number of hydrogen-bond donors (Lipinski definition) is 4. The average molecular weight is 468 g/mol. The quantitative estimate of drug-likeness (QED) is 0.206. The number of nitrogen functional groups attached to an aromatic ring is 1. The van der Waals surface area contributed by atoms with Crippen molar-refractivity contribution < 1.29 is 39.0 Å². The van der Waals surface area contributed by atoms with Gasteiger partial charge in [-0.25, -0.2) is 14.6 Å². The molecular formula is C17H20N6O8S. The number of rotatable bonds is 8. The first-order valence-corrected chi connectivity index (χ1v) is 10.3. The Labute approximate surface area is 184 Å². The van der Waals surface area contributed by atoms with Crippen molar-refractivity contribution in [2.45, 2.75) is 38.0 Å². The Morgan fingerprint density at radius 1 is 1.41 bits per heavy atom. The Morgan fingerprint density at radius 2 is 2.12 bits per heavy atom. The van der Waals surface area contributed by atoms with Gasteiger partial charge in [0.15, 0.2) is 10.8 Å². The Morgan fingerprint density at radius 3 is 2.62 bits per heavy atom. The molecule has 4 amide bonds. The number of anilines is 1. The summed E-state index contributed by atoms with van der Waals surface area (Å²) in [6, 6.07) is -2.73. The molecule has 0 saturated carbocycles. The zero-order valence-corrected chi connectivity index (χ0v) is 17.6. The van der Waals surface area contributed by atoms with Gasteiger partial charge in [0.05, 0.1) is 13.0 Å². The van der Waals surface area contributed by atoms with Crippen molar-refractivity contribution in [1.82, 2.24) is 20.1 Å². The zero-order valence-electron chi connectivity index (χ0n) is 16.8. The second-order valence-electron chi connectivity index (χ2n) is 7.12. The van der Waals surface area contributed by atoms with Gasteiger partial charge >= 0.3 is 18.0 Å². The number of amides is 4. The fourth-order valence-corrected chi connectivity index (χ4v) is 3.54. The maximum Gasteiger partial charge on any atom is 0.327 e. The Kier molecular flexibility index (Phi) is 6.57. The summed E-state index contributed by atoms with van der Waals surface area (Å²) in [5, 5.41) is 25.5. The number of carbonyl (C=O) groups excluding carboxylic acids is 3. The number of nitrogens with one attached hydrogen (secondary N) is 1. The van der Waals surface area contributed by atoms with Crippen molar-refractivity contribution >= 4 is 52.0 Å². The summed E-state index contributed by atoms with van der Waals surface area (Å²) in [6.07, 6.45) is -0.896. The molecule has 0 spiro atoms. The number of β-lactam (4-membered cyclic amide) rings is 1. The number of urea groups is 1. The second-order valence-corrected chi connectivity index (χ2v) is 8.01. The van der Waals surface area contributed by atoms with Crippen LogP contribution >= 0.6 is 11.3 Å². The van der Waals surface area contributed by atoms with Crippen LogP contribution in [0.4, 0.5) is 9.93 Å². The highest BCUT2D eigenvalue weighted by Crippen LogP contribution is 2.23. The van der Waals surface area contributed by atoms with Gasteiger partial charge in [-0.05, 0) is 13.3 Å². The molecule has 0 radical (unpaired) electrons. The van der Waals surface area contributed by atoms with Crippen LogP contribution in [0.1, 0.15) is 25.5 Å². The lowest BCUT2D eigenvalue weighted by molar-refractivity contribution is -0.149. The van der Waals surface area contributed by atoms with Gasteiger partial charge in [-0.1, -0.05) is 5.16 Å². The van der Waals surface area contributed by atoms with Crippen molar-refractivity contribution in [2.24, 2.45) is 5.16 Å². The van der Waals surface area contributed by atoms with Crippen LogP contribution in [-0.4, -0.2) is 91.8 Å². The molecule has 5 N–H and O–H groups in total. The van der Waals surface area contributed by atoms with E-state index in [9.17, 15) is 24.0 Å². The van der Waals surface area contributed by atoms with Crippen molar-refractivity contribution in [3.63, 3.8) is 0 Å². The number of aromatic nitrogens is 1. The summed E-state index contributed by atoms with van der Waals surface area (Å²) in [5.41, 5.74) is 5.34. The first kappa shape index (κ1) is 22.9. The third kappa shape index (κ3) is 4.77. The topological polar surface area (TPSA) is 205 Å². The molecule has 0 bridgehead atoms. The molecule has 1 aromatic heterocycles. The molecule has 2 aliphatic heterocycles. The van der Waals surface area contributed by atoms with Crippen molar-refractivity contribution in [2.75, 3.05) is 18.8 Å². The lowest BCUT2D eigenvalue weighted by Crippen LogP contribution is -2.70. The third-order valence-electron chi connectivity index (χ3n) is 4.78.